The lowest BCUT2D eigenvalue weighted by Crippen LogP contribution is -2.32. The Kier molecular flexibility index (Phi) is 4.17. The summed E-state index contributed by atoms with van der Waals surface area (Å²) in [6.45, 7) is 0.549. The van der Waals surface area contributed by atoms with E-state index in [1.54, 1.807) is 0 Å². The molecule has 0 aliphatic heterocycles. The van der Waals surface area contributed by atoms with Crippen molar-refractivity contribution in [2.24, 2.45) is 5.73 Å². The molecule has 0 spiro atoms. The molecule has 1 heterocycles. The summed E-state index contributed by atoms with van der Waals surface area (Å²) in [6, 6.07) is 0. The van der Waals surface area contributed by atoms with Gasteiger partial charge in [-0.3, -0.25) is 5.10 Å². The largest absolute Gasteiger partial charge is 0.325 e. The first-order valence-electron chi connectivity index (χ1n) is 4.79. The van der Waals surface area contributed by atoms with E-state index < -0.39 is 23.0 Å². The number of aromatic nitrogens is 2. The van der Waals surface area contributed by atoms with Crippen LogP contribution < -0.4 is 5.73 Å². The van der Waals surface area contributed by atoms with E-state index in [-0.39, 0.29) is 22.8 Å². The van der Waals surface area contributed by atoms with E-state index in [1.807, 2.05) is 0 Å². The number of halogens is 2. The lowest BCUT2D eigenvalue weighted by molar-refractivity contribution is 0.126. The number of nitrogens with two attached hydrogens (primary N) is 1. The summed E-state index contributed by atoms with van der Waals surface area (Å²) in [5, 5.41) is 6.20. The average molecular weight is 268 g/mol. The Morgan fingerprint density at radius 2 is 2.12 bits per heavy atom. The number of alkyl halides is 2. The third kappa shape index (κ3) is 2.79. The number of sulfonamides is 1. The second kappa shape index (κ2) is 5.07. The zero-order chi connectivity index (χ0) is 13.2. The lowest BCUT2D eigenvalue weighted by atomic mass is 10.4. The molecule has 1 rings (SSSR count). The third-order valence-electron chi connectivity index (χ3n) is 2.22. The van der Waals surface area contributed by atoms with Crippen LogP contribution in [0.1, 0.15) is 11.4 Å². The predicted molar refractivity (Wildman–Crippen MR) is 57.0 cm³/mol. The molecule has 1 aromatic rings. The molecule has 0 atom stereocenters. The van der Waals surface area contributed by atoms with Crippen LogP contribution in [0.2, 0.25) is 0 Å². The Morgan fingerprint density at radius 1 is 1.53 bits per heavy atom. The second-order valence-electron chi connectivity index (χ2n) is 3.51. The molecule has 0 aliphatic carbocycles. The van der Waals surface area contributed by atoms with Crippen molar-refractivity contribution in [2.75, 3.05) is 13.6 Å². The van der Waals surface area contributed by atoms with E-state index in [1.165, 1.54) is 6.92 Å². The Labute approximate surface area is 97.8 Å². The summed E-state index contributed by atoms with van der Waals surface area (Å²) in [5.74, 6) is 0. The number of hydrogen-bond acceptors (Lipinski definition) is 4. The summed E-state index contributed by atoms with van der Waals surface area (Å²) in [5.41, 5.74) is 5.77. The smallest absolute Gasteiger partial charge is 0.252 e. The SMILES string of the molecule is Cc1[nH]nc(CN)c1S(=O)(=O)N(C)CC(F)F. The highest BCUT2D eigenvalue weighted by molar-refractivity contribution is 7.89. The predicted octanol–water partition coefficient (Wildman–Crippen LogP) is 0.0624. The molecule has 98 valence electrons. The number of aromatic amines is 1. The number of rotatable bonds is 5. The number of nitrogens with zero attached hydrogens (tertiary/aromatic N) is 2. The first kappa shape index (κ1) is 14.0. The molecule has 0 unspecified atom stereocenters. The Morgan fingerprint density at radius 3 is 2.59 bits per heavy atom. The molecule has 0 saturated heterocycles. The second-order valence-corrected chi connectivity index (χ2v) is 5.49. The maximum atomic E-state index is 12.2. The van der Waals surface area contributed by atoms with Gasteiger partial charge in [-0.05, 0) is 6.92 Å². The highest BCUT2D eigenvalue weighted by Gasteiger charge is 2.29. The molecule has 0 amide bonds. The highest BCUT2D eigenvalue weighted by Crippen LogP contribution is 2.21. The van der Waals surface area contributed by atoms with Crippen LogP contribution in [0.5, 0.6) is 0 Å². The minimum Gasteiger partial charge on any atom is -0.325 e. The number of aryl methyl sites for hydroxylation is 1. The molecular weight excluding hydrogens is 254 g/mol. The van der Waals surface area contributed by atoms with Crippen LogP contribution >= 0.6 is 0 Å². The highest BCUT2D eigenvalue weighted by atomic mass is 32.2. The van der Waals surface area contributed by atoms with Crippen molar-refractivity contribution in [2.45, 2.75) is 24.8 Å². The molecule has 9 heteroatoms. The van der Waals surface area contributed by atoms with Crippen molar-refractivity contribution >= 4 is 10.0 Å². The lowest BCUT2D eigenvalue weighted by Gasteiger charge is -2.16. The van der Waals surface area contributed by atoms with Gasteiger partial charge < -0.3 is 5.73 Å². The van der Waals surface area contributed by atoms with Gasteiger partial charge in [-0.1, -0.05) is 0 Å². The van der Waals surface area contributed by atoms with Crippen LogP contribution in [0.4, 0.5) is 8.78 Å². The maximum Gasteiger partial charge on any atom is 0.252 e. The van der Waals surface area contributed by atoms with Crippen molar-refractivity contribution < 1.29 is 17.2 Å². The fraction of sp³-hybridized carbons (Fsp3) is 0.625. The zero-order valence-corrected chi connectivity index (χ0v) is 10.3. The maximum absolute atomic E-state index is 12.2. The van der Waals surface area contributed by atoms with Gasteiger partial charge in [0, 0.05) is 13.6 Å². The number of H-pyrrole nitrogens is 1. The van der Waals surface area contributed by atoms with E-state index in [2.05, 4.69) is 10.2 Å². The van der Waals surface area contributed by atoms with E-state index in [4.69, 9.17) is 5.73 Å². The first-order valence-corrected chi connectivity index (χ1v) is 6.23. The molecule has 0 aliphatic rings. The van der Waals surface area contributed by atoms with Gasteiger partial charge in [0.2, 0.25) is 10.0 Å². The fourth-order valence-corrected chi connectivity index (χ4v) is 2.88. The van der Waals surface area contributed by atoms with Crippen molar-refractivity contribution in [1.29, 1.82) is 0 Å². The van der Waals surface area contributed by atoms with Gasteiger partial charge in [-0.25, -0.2) is 17.2 Å². The molecule has 1 aromatic heterocycles. The Bertz CT molecular complexity index is 486. The van der Waals surface area contributed by atoms with Crippen LogP contribution in [0.15, 0.2) is 4.90 Å². The standard InChI is InChI=1S/C8H14F2N4O2S/c1-5-8(6(3-11)13-12-5)17(15,16)14(2)4-7(9)10/h7H,3-4,11H2,1-2H3,(H,12,13). The van der Waals surface area contributed by atoms with Gasteiger partial charge in [0.25, 0.3) is 6.43 Å². The van der Waals surface area contributed by atoms with Crippen LogP contribution in [0.3, 0.4) is 0 Å². The molecule has 0 aromatic carbocycles. The monoisotopic (exact) mass is 268 g/mol. The van der Waals surface area contributed by atoms with Crippen molar-refractivity contribution in [3.8, 4) is 0 Å². The Hall–Kier alpha value is -1.06. The average Bonchev–Trinajstić information content (AvgIpc) is 2.58. The summed E-state index contributed by atoms with van der Waals surface area (Å²) in [6.07, 6.45) is -2.73. The van der Waals surface area contributed by atoms with Gasteiger partial charge in [0.15, 0.2) is 0 Å². The molecule has 0 radical (unpaired) electrons. The van der Waals surface area contributed by atoms with Crippen molar-refractivity contribution in [1.82, 2.24) is 14.5 Å². The van der Waals surface area contributed by atoms with Crippen LogP contribution in [0.25, 0.3) is 0 Å². The number of nitrogens with one attached hydrogen (secondary N) is 1. The Balaban J connectivity index is 3.17. The quantitative estimate of drug-likeness (QED) is 0.790. The van der Waals surface area contributed by atoms with Crippen molar-refractivity contribution in [3.05, 3.63) is 11.4 Å². The van der Waals surface area contributed by atoms with Gasteiger partial charge in [0.1, 0.15) is 4.90 Å². The van der Waals surface area contributed by atoms with Gasteiger partial charge in [0.05, 0.1) is 17.9 Å². The van der Waals surface area contributed by atoms with E-state index in [0.717, 1.165) is 7.05 Å². The van der Waals surface area contributed by atoms with Gasteiger partial charge >= 0.3 is 0 Å². The molecule has 0 fully saturated rings. The minimum absolute atomic E-state index is 0.0819. The molecule has 3 N–H and O–H groups in total. The van der Waals surface area contributed by atoms with Crippen LogP contribution in [0, 0.1) is 6.92 Å². The molecule has 17 heavy (non-hydrogen) atoms. The number of hydrogen-bond donors (Lipinski definition) is 2. The van der Waals surface area contributed by atoms with E-state index in [0.29, 0.717) is 4.31 Å². The molecule has 0 saturated carbocycles. The molecule has 0 bridgehead atoms. The normalized spacial score (nSPS) is 12.6. The minimum atomic E-state index is -3.98. The molecule has 6 nitrogen and oxygen atoms in total. The fourth-order valence-electron chi connectivity index (χ4n) is 1.40. The molecular formula is C8H14F2N4O2S. The van der Waals surface area contributed by atoms with Crippen LogP contribution in [-0.2, 0) is 16.6 Å². The van der Waals surface area contributed by atoms with Gasteiger partial charge in [-0.15, -0.1) is 0 Å². The third-order valence-corrected chi connectivity index (χ3v) is 4.25. The summed E-state index contributed by atoms with van der Waals surface area (Å²) in [4.78, 5) is -0.122. The topological polar surface area (TPSA) is 92.1 Å². The summed E-state index contributed by atoms with van der Waals surface area (Å²) >= 11 is 0. The zero-order valence-electron chi connectivity index (χ0n) is 9.44. The van der Waals surface area contributed by atoms with Crippen molar-refractivity contribution in [3.63, 3.8) is 0 Å². The van der Waals surface area contributed by atoms with E-state index in [9.17, 15) is 17.2 Å². The summed E-state index contributed by atoms with van der Waals surface area (Å²) < 4.78 is 49.0. The van der Waals surface area contributed by atoms with Crippen LogP contribution in [-0.4, -0.2) is 42.9 Å². The first-order chi connectivity index (χ1) is 7.80. The van der Waals surface area contributed by atoms with E-state index >= 15 is 0 Å². The van der Waals surface area contributed by atoms with Gasteiger partial charge in [-0.2, -0.15) is 9.40 Å². The summed E-state index contributed by atoms with van der Waals surface area (Å²) in [7, 11) is -2.89.